The number of amides is 1. The SMILES string of the molecule is Cc1ccc([C@@H]2C(C(=O)c3cccs3)=C(O)C(=O)N2CCCN(C)C)o1. The first kappa shape index (κ1) is 18.4. The average molecular weight is 374 g/mol. The molecule has 0 bridgehead atoms. The highest BCUT2D eigenvalue weighted by Crippen LogP contribution is 2.40. The Morgan fingerprint density at radius 1 is 1.35 bits per heavy atom. The summed E-state index contributed by atoms with van der Waals surface area (Å²) >= 11 is 1.28. The minimum atomic E-state index is -0.701. The number of nitrogens with zero attached hydrogens (tertiary/aromatic N) is 2. The smallest absolute Gasteiger partial charge is 0.290 e. The summed E-state index contributed by atoms with van der Waals surface area (Å²) in [6, 6.07) is 6.31. The van der Waals surface area contributed by atoms with Gasteiger partial charge in [-0.25, -0.2) is 0 Å². The summed E-state index contributed by atoms with van der Waals surface area (Å²) in [5, 5.41) is 12.3. The number of aryl methyl sites for hydroxylation is 1. The van der Waals surface area contributed by atoms with Crippen molar-refractivity contribution in [1.82, 2.24) is 9.80 Å². The van der Waals surface area contributed by atoms with Gasteiger partial charge in [0.2, 0.25) is 5.78 Å². The topological polar surface area (TPSA) is 74.0 Å². The highest BCUT2D eigenvalue weighted by molar-refractivity contribution is 7.12. The number of furan rings is 1. The summed E-state index contributed by atoms with van der Waals surface area (Å²) in [4.78, 5) is 29.7. The largest absolute Gasteiger partial charge is 0.503 e. The Morgan fingerprint density at radius 2 is 2.12 bits per heavy atom. The fourth-order valence-corrected chi connectivity index (χ4v) is 3.79. The molecule has 0 radical (unpaired) electrons. The van der Waals surface area contributed by atoms with Crippen molar-refractivity contribution in [2.75, 3.05) is 27.2 Å². The molecule has 1 N–H and O–H groups in total. The molecule has 1 aliphatic heterocycles. The highest BCUT2D eigenvalue weighted by atomic mass is 32.1. The number of hydrogen-bond donors (Lipinski definition) is 1. The van der Waals surface area contributed by atoms with E-state index in [1.54, 1.807) is 36.6 Å². The monoisotopic (exact) mass is 374 g/mol. The maximum absolute atomic E-state index is 12.9. The molecule has 0 aromatic carbocycles. The van der Waals surface area contributed by atoms with Gasteiger partial charge in [0.15, 0.2) is 5.76 Å². The second-order valence-electron chi connectivity index (χ2n) is 6.58. The van der Waals surface area contributed by atoms with Crippen molar-refractivity contribution in [2.24, 2.45) is 0 Å². The van der Waals surface area contributed by atoms with Gasteiger partial charge in [-0.05, 0) is 57.6 Å². The van der Waals surface area contributed by atoms with Crippen LogP contribution in [-0.4, -0.2) is 53.8 Å². The number of Topliss-reactive ketones (excluding diaryl/α,β-unsaturated/α-hetero) is 1. The van der Waals surface area contributed by atoms with E-state index in [0.717, 1.165) is 13.0 Å². The van der Waals surface area contributed by atoms with Crippen LogP contribution in [0.2, 0.25) is 0 Å². The van der Waals surface area contributed by atoms with Gasteiger partial charge in [0, 0.05) is 6.54 Å². The van der Waals surface area contributed by atoms with Gasteiger partial charge in [0.05, 0.1) is 10.5 Å². The van der Waals surface area contributed by atoms with Crippen molar-refractivity contribution in [1.29, 1.82) is 0 Å². The van der Waals surface area contributed by atoms with E-state index in [-0.39, 0.29) is 11.4 Å². The van der Waals surface area contributed by atoms with Gasteiger partial charge in [-0.3, -0.25) is 9.59 Å². The molecule has 0 aliphatic carbocycles. The molecule has 138 valence electrons. The average Bonchev–Trinajstić information content (AvgIpc) is 3.30. The van der Waals surface area contributed by atoms with Crippen LogP contribution >= 0.6 is 11.3 Å². The Bertz CT molecular complexity index is 836. The lowest BCUT2D eigenvalue weighted by molar-refractivity contribution is -0.129. The van der Waals surface area contributed by atoms with Crippen LogP contribution in [0.1, 0.15) is 33.7 Å². The van der Waals surface area contributed by atoms with Gasteiger partial charge in [0.25, 0.3) is 5.91 Å². The Morgan fingerprint density at radius 3 is 2.69 bits per heavy atom. The van der Waals surface area contributed by atoms with Crippen molar-refractivity contribution in [3.05, 3.63) is 57.4 Å². The van der Waals surface area contributed by atoms with Crippen LogP contribution in [0, 0.1) is 6.92 Å². The third-order valence-corrected chi connectivity index (χ3v) is 5.20. The molecular weight excluding hydrogens is 352 g/mol. The van der Waals surface area contributed by atoms with Gasteiger partial charge >= 0.3 is 0 Å². The highest BCUT2D eigenvalue weighted by Gasteiger charge is 2.45. The molecule has 0 saturated heterocycles. The lowest BCUT2D eigenvalue weighted by Crippen LogP contribution is -2.33. The molecule has 0 saturated carbocycles. The van der Waals surface area contributed by atoms with E-state index in [2.05, 4.69) is 0 Å². The first-order valence-corrected chi connectivity index (χ1v) is 9.31. The quantitative estimate of drug-likeness (QED) is 0.754. The molecule has 3 heterocycles. The molecule has 3 rings (SSSR count). The van der Waals surface area contributed by atoms with Crippen molar-refractivity contribution in [2.45, 2.75) is 19.4 Å². The van der Waals surface area contributed by atoms with E-state index in [0.29, 0.717) is 22.9 Å². The van der Waals surface area contributed by atoms with Crippen LogP contribution in [0.15, 0.2) is 45.4 Å². The molecule has 2 aromatic rings. The molecule has 0 spiro atoms. The Balaban J connectivity index is 1.97. The Labute approximate surface area is 156 Å². The van der Waals surface area contributed by atoms with E-state index in [4.69, 9.17) is 4.42 Å². The lowest BCUT2D eigenvalue weighted by atomic mass is 10.00. The molecule has 0 unspecified atom stereocenters. The van der Waals surface area contributed by atoms with Crippen LogP contribution in [0.4, 0.5) is 0 Å². The number of rotatable bonds is 7. The molecular formula is C19H22N2O4S. The second kappa shape index (κ2) is 7.47. The Hall–Kier alpha value is -2.38. The van der Waals surface area contributed by atoms with E-state index in [9.17, 15) is 14.7 Å². The zero-order valence-electron chi connectivity index (χ0n) is 15.1. The van der Waals surface area contributed by atoms with Gasteiger partial charge in [-0.1, -0.05) is 6.07 Å². The molecule has 0 fully saturated rings. The molecule has 1 amide bonds. The van der Waals surface area contributed by atoms with Crippen molar-refractivity contribution in [3.63, 3.8) is 0 Å². The standard InChI is InChI=1S/C19H22N2O4S/c1-12-7-8-13(25-12)16-15(17(22)14-6-4-11-26-14)18(23)19(24)21(16)10-5-9-20(2)3/h4,6-8,11,16,23H,5,9-10H2,1-3H3/t16-/m1/s1. The second-order valence-corrected chi connectivity index (χ2v) is 7.52. The van der Waals surface area contributed by atoms with E-state index in [1.165, 1.54) is 16.2 Å². The summed E-state index contributed by atoms with van der Waals surface area (Å²) in [7, 11) is 3.92. The van der Waals surface area contributed by atoms with Crippen molar-refractivity contribution in [3.8, 4) is 0 Å². The van der Waals surface area contributed by atoms with Crippen LogP contribution in [0.25, 0.3) is 0 Å². The third-order valence-electron chi connectivity index (χ3n) is 4.33. The minimum absolute atomic E-state index is 0.0941. The van der Waals surface area contributed by atoms with E-state index < -0.39 is 17.7 Å². The molecule has 7 heteroatoms. The number of carbonyl (C=O) groups is 2. The number of aliphatic hydroxyl groups is 1. The van der Waals surface area contributed by atoms with Gasteiger partial charge < -0.3 is 19.3 Å². The van der Waals surface area contributed by atoms with Crippen molar-refractivity contribution < 1.29 is 19.1 Å². The summed E-state index contributed by atoms with van der Waals surface area (Å²) < 4.78 is 5.72. The maximum Gasteiger partial charge on any atom is 0.290 e. The fraction of sp³-hybridized carbons (Fsp3) is 0.368. The first-order chi connectivity index (χ1) is 12.4. The van der Waals surface area contributed by atoms with Gasteiger partial charge in [-0.15, -0.1) is 11.3 Å². The first-order valence-electron chi connectivity index (χ1n) is 8.43. The molecule has 1 aliphatic rings. The normalized spacial score (nSPS) is 17.6. The molecule has 1 atom stereocenters. The molecule has 2 aromatic heterocycles. The zero-order chi connectivity index (χ0) is 18.8. The number of carbonyl (C=O) groups excluding carboxylic acids is 2. The number of ketones is 1. The predicted octanol–water partition coefficient (Wildman–Crippen LogP) is 3.18. The maximum atomic E-state index is 12.9. The summed E-state index contributed by atoms with van der Waals surface area (Å²) in [5.41, 5.74) is 0.0941. The van der Waals surface area contributed by atoms with Gasteiger partial charge in [0.1, 0.15) is 17.6 Å². The van der Waals surface area contributed by atoms with Crippen LogP contribution in [0.3, 0.4) is 0 Å². The number of aliphatic hydroxyl groups excluding tert-OH is 1. The van der Waals surface area contributed by atoms with E-state index >= 15 is 0 Å². The molecule has 6 nitrogen and oxygen atoms in total. The number of hydrogen-bond acceptors (Lipinski definition) is 6. The minimum Gasteiger partial charge on any atom is -0.503 e. The predicted molar refractivity (Wildman–Crippen MR) is 99.4 cm³/mol. The number of thiophene rings is 1. The van der Waals surface area contributed by atoms with Crippen molar-refractivity contribution >= 4 is 23.0 Å². The van der Waals surface area contributed by atoms with Gasteiger partial charge in [-0.2, -0.15) is 0 Å². The van der Waals surface area contributed by atoms with Crippen LogP contribution in [0.5, 0.6) is 0 Å². The van der Waals surface area contributed by atoms with E-state index in [1.807, 2.05) is 19.0 Å². The Kier molecular flexibility index (Phi) is 5.29. The van der Waals surface area contributed by atoms with Crippen LogP contribution in [-0.2, 0) is 4.79 Å². The summed E-state index contributed by atoms with van der Waals surface area (Å²) in [6.07, 6.45) is 0.725. The molecule has 26 heavy (non-hydrogen) atoms. The van der Waals surface area contributed by atoms with Crippen LogP contribution < -0.4 is 0 Å². The lowest BCUT2D eigenvalue weighted by Gasteiger charge is -2.25. The summed E-state index contributed by atoms with van der Waals surface area (Å²) in [6.45, 7) is 3.02. The zero-order valence-corrected chi connectivity index (χ0v) is 15.9. The third kappa shape index (κ3) is 3.45. The summed E-state index contributed by atoms with van der Waals surface area (Å²) in [5.74, 6) is -0.158. The fourth-order valence-electron chi connectivity index (χ4n) is 3.11.